The number of ether oxygens (including phenoxy) is 3. The highest BCUT2D eigenvalue weighted by Gasteiger charge is 2.19. The minimum atomic E-state index is -0.770. The van der Waals surface area contributed by atoms with Gasteiger partial charge in [0.1, 0.15) is 13.2 Å². The van der Waals surface area contributed by atoms with Gasteiger partial charge in [0.15, 0.2) is 6.10 Å². The number of hydrogen-bond donors (Lipinski definition) is 0. The van der Waals surface area contributed by atoms with E-state index in [2.05, 4.69) is 45.1 Å². The maximum atomic E-state index is 13.0. The summed E-state index contributed by atoms with van der Waals surface area (Å²) in [4.78, 5) is 38.5. The fourth-order valence-corrected chi connectivity index (χ4v) is 11.0. The summed E-state index contributed by atoms with van der Waals surface area (Å²) in [5.74, 6) is -0.834. The summed E-state index contributed by atoms with van der Waals surface area (Å²) in [5.41, 5.74) is 0. The second-order valence-electron chi connectivity index (χ2n) is 24.5. The normalized spacial score (nSPS) is 12.1. The number of carbonyl (C=O) groups excluding carboxylic acids is 3. The van der Waals surface area contributed by atoms with Gasteiger partial charge < -0.3 is 14.2 Å². The third-order valence-corrected chi connectivity index (χ3v) is 16.4. The molecular formula is C73H138O6. The second-order valence-corrected chi connectivity index (χ2v) is 24.5. The molecule has 0 bridgehead atoms. The second kappa shape index (κ2) is 68.4. The summed E-state index contributed by atoms with van der Waals surface area (Å²) < 4.78 is 17.0. The highest BCUT2D eigenvalue weighted by Crippen LogP contribution is 2.19. The molecule has 0 aliphatic rings. The lowest BCUT2D eigenvalue weighted by Gasteiger charge is -2.18. The zero-order chi connectivity index (χ0) is 57.1. The summed E-state index contributed by atoms with van der Waals surface area (Å²) in [7, 11) is 0. The van der Waals surface area contributed by atoms with Crippen molar-refractivity contribution in [1.82, 2.24) is 0 Å². The van der Waals surface area contributed by atoms with Crippen LogP contribution in [0.25, 0.3) is 0 Å². The molecule has 0 saturated carbocycles. The standard InChI is InChI=1S/C73H138O6/c1-4-7-10-13-16-19-22-25-28-31-33-34-35-36-37-38-40-42-45-48-51-54-57-60-63-66-72(75)78-69-70(68-77-71(74)65-62-59-56-53-50-47-44-41-30-27-24-21-18-15-12-9-6-3)79-73(76)67-64-61-58-55-52-49-46-43-39-32-29-26-23-20-17-14-11-8-5-2/h26,29,31,33,70H,4-25,27-28,30,32,34-69H2,1-3H3/b29-26-,33-31-. The van der Waals surface area contributed by atoms with Crippen molar-refractivity contribution in [3.8, 4) is 0 Å². The molecule has 0 aliphatic carbocycles. The maximum absolute atomic E-state index is 13.0. The van der Waals surface area contributed by atoms with E-state index in [1.807, 2.05) is 0 Å². The van der Waals surface area contributed by atoms with E-state index in [0.717, 1.165) is 57.8 Å². The lowest BCUT2D eigenvalue weighted by Crippen LogP contribution is -2.30. The molecule has 1 unspecified atom stereocenters. The molecule has 0 aliphatic heterocycles. The smallest absolute Gasteiger partial charge is 0.306 e. The van der Waals surface area contributed by atoms with Crippen molar-refractivity contribution in [2.24, 2.45) is 0 Å². The van der Waals surface area contributed by atoms with Crippen molar-refractivity contribution in [3.05, 3.63) is 24.3 Å². The maximum Gasteiger partial charge on any atom is 0.306 e. The van der Waals surface area contributed by atoms with E-state index in [1.165, 1.54) is 308 Å². The molecule has 0 spiro atoms. The van der Waals surface area contributed by atoms with Gasteiger partial charge in [0.2, 0.25) is 0 Å². The molecule has 0 N–H and O–H groups in total. The monoisotopic (exact) mass is 1110 g/mol. The molecule has 0 aromatic rings. The van der Waals surface area contributed by atoms with Gasteiger partial charge in [-0.25, -0.2) is 0 Å². The van der Waals surface area contributed by atoms with Gasteiger partial charge in [0, 0.05) is 19.3 Å². The highest BCUT2D eigenvalue weighted by molar-refractivity contribution is 5.71. The Labute approximate surface area is 493 Å². The van der Waals surface area contributed by atoms with Gasteiger partial charge in [0.05, 0.1) is 0 Å². The van der Waals surface area contributed by atoms with Crippen LogP contribution in [0.2, 0.25) is 0 Å². The lowest BCUT2D eigenvalue weighted by atomic mass is 10.0. The molecular weight excluding hydrogens is 973 g/mol. The van der Waals surface area contributed by atoms with Crippen molar-refractivity contribution < 1.29 is 28.6 Å². The fraction of sp³-hybridized carbons (Fsp3) is 0.904. The Morgan fingerprint density at radius 3 is 0.633 bits per heavy atom. The van der Waals surface area contributed by atoms with Crippen LogP contribution in [0.15, 0.2) is 24.3 Å². The molecule has 6 heteroatoms. The molecule has 0 aromatic carbocycles. The summed E-state index contributed by atoms with van der Waals surface area (Å²) in [6.07, 6.45) is 83.5. The molecule has 466 valence electrons. The van der Waals surface area contributed by atoms with E-state index in [9.17, 15) is 14.4 Å². The Kier molecular flexibility index (Phi) is 66.6. The van der Waals surface area contributed by atoms with Crippen LogP contribution in [0.4, 0.5) is 0 Å². The molecule has 1 atom stereocenters. The van der Waals surface area contributed by atoms with Crippen LogP contribution in [0.1, 0.15) is 406 Å². The Bertz CT molecular complexity index is 1270. The van der Waals surface area contributed by atoms with E-state index in [1.54, 1.807) is 0 Å². The van der Waals surface area contributed by atoms with Crippen molar-refractivity contribution in [1.29, 1.82) is 0 Å². The van der Waals surface area contributed by atoms with E-state index in [0.29, 0.717) is 19.3 Å². The van der Waals surface area contributed by atoms with Crippen LogP contribution in [0.5, 0.6) is 0 Å². The predicted octanol–water partition coefficient (Wildman–Crippen LogP) is 24.6. The van der Waals surface area contributed by atoms with Crippen LogP contribution in [0.3, 0.4) is 0 Å². The Morgan fingerprint density at radius 2 is 0.418 bits per heavy atom. The summed E-state index contributed by atoms with van der Waals surface area (Å²) in [6.45, 7) is 6.72. The minimum absolute atomic E-state index is 0.0659. The van der Waals surface area contributed by atoms with Gasteiger partial charge in [-0.3, -0.25) is 14.4 Å². The largest absolute Gasteiger partial charge is 0.462 e. The van der Waals surface area contributed by atoms with E-state index >= 15 is 0 Å². The van der Waals surface area contributed by atoms with Crippen molar-refractivity contribution in [2.75, 3.05) is 13.2 Å². The van der Waals surface area contributed by atoms with Crippen molar-refractivity contribution >= 4 is 17.9 Å². The van der Waals surface area contributed by atoms with Gasteiger partial charge in [-0.05, 0) is 70.6 Å². The number of esters is 3. The number of unbranched alkanes of at least 4 members (excludes halogenated alkanes) is 52. The van der Waals surface area contributed by atoms with Gasteiger partial charge >= 0.3 is 17.9 Å². The number of carbonyl (C=O) groups is 3. The molecule has 79 heavy (non-hydrogen) atoms. The third kappa shape index (κ3) is 66.6. The van der Waals surface area contributed by atoms with Crippen molar-refractivity contribution in [2.45, 2.75) is 412 Å². The van der Waals surface area contributed by atoms with Crippen LogP contribution in [0, 0.1) is 0 Å². The average molecular weight is 1110 g/mol. The van der Waals surface area contributed by atoms with Gasteiger partial charge in [-0.2, -0.15) is 0 Å². The zero-order valence-corrected chi connectivity index (χ0v) is 53.7. The third-order valence-electron chi connectivity index (χ3n) is 16.4. The lowest BCUT2D eigenvalue weighted by molar-refractivity contribution is -0.167. The van der Waals surface area contributed by atoms with Crippen LogP contribution < -0.4 is 0 Å². The first-order valence-electron chi connectivity index (χ1n) is 35.8. The quantitative estimate of drug-likeness (QED) is 0.0261. The zero-order valence-electron chi connectivity index (χ0n) is 53.7. The Morgan fingerprint density at radius 1 is 0.241 bits per heavy atom. The average Bonchev–Trinajstić information content (AvgIpc) is 3.45. The van der Waals surface area contributed by atoms with Gasteiger partial charge in [-0.1, -0.05) is 340 Å². The molecule has 0 aromatic heterocycles. The molecule has 0 fully saturated rings. The summed E-state index contributed by atoms with van der Waals surface area (Å²) >= 11 is 0. The van der Waals surface area contributed by atoms with E-state index in [-0.39, 0.29) is 31.1 Å². The molecule has 0 rings (SSSR count). The fourth-order valence-electron chi connectivity index (χ4n) is 11.0. The summed E-state index contributed by atoms with van der Waals surface area (Å²) in [6, 6.07) is 0. The first kappa shape index (κ1) is 76.9. The van der Waals surface area contributed by atoms with E-state index < -0.39 is 6.10 Å². The Balaban J connectivity index is 4.27. The van der Waals surface area contributed by atoms with Crippen molar-refractivity contribution in [3.63, 3.8) is 0 Å². The molecule has 6 nitrogen and oxygen atoms in total. The SMILES string of the molecule is CCCCCCCC/C=C\CCCCCCCCCCCC(=O)OC(COC(=O)CCCCCCCCCCCCCCC/C=C\CCCCCCCCCC)COC(=O)CCCCCCCCCCCCCCCCCCC. The first-order valence-corrected chi connectivity index (χ1v) is 35.8. The molecule has 0 amide bonds. The van der Waals surface area contributed by atoms with Gasteiger partial charge in [0.25, 0.3) is 0 Å². The summed E-state index contributed by atoms with van der Waals surface area (Å²) in [5, 5.41) is 0. The van der Waals surface area contributed by atoms with Crippen LogP contribution >= 0.6 is 0 Å². The van der Waals surface area contributed by atoms with Crippen LogP contribution in [-0.4, -0.2) is 37.2 Å². The Hall–Kier alpha value is -2.11. The number of allylic oxidation sites excluding steroid dienone is 4. The molecule has 0 radical (unpaired) electrons. The van der Waals surface area contributed by atoms with Crippen LogP contribution in [-0.2, 0) is 28.6 Å². The topological polar surface area (TPSA) is 78.9 Å². The predicted molar refractivity (Wildman–Crippen MR) is 344 cm³/mol. The first-order chi connectivity index (χ1) is 39.0. The molecule has 0 saturated heterocycles. The number of rotatable bonds is 67. The molecule has 0 heterocycles. The minimum Gasteiger partial charge on any atom is -0.462 e. The highest BCUT2D eigenvalue weighted by atomic mass is 16.6. The van der Waals surface area contributed by atoms with E-state index in [4.69, 9.17) is 14.2 Å². The van der Waals surface area contributed by atoms with Gasteiger partial charge in [-0.15, -0.1) is 0 Å². The number of hydrogen-bond acceptors (Lipinski definition) is 6.